The second-order valence-corrected chi connectivity index (χ2v) is 4.32. The summed E-state index contributed by atoms with van der Waals surface area (Å²) in [5, 5.41) is 2.16. The molecule has 1 aromatic carbocycles. The Balaban J connectivity index is 2.22. The number of nitrogens with zero attached hydrogens (tertiary/aromatic N) is 1. The van der Waals surface area contributed by atoms with Crippen LogP contribution in [0.5, 0.6) is 0 Å². The molecule has 0 unspecified atom stereocenters. The molecule has 3 amide bonds. The maximum Gasteiger partial charge on any atom is 0.318 e. The van der Waals surface area contributed by atoms with E-state index in [1.165, 1.54) is 0 Å². The summed E-state index contributed by atoms with van der Waals surface area (Å²) in [7, 11) is 0. The maximum atomic E-state index is 12.2. The molecule has 6 heteroatoms. The fraction of sp³-hybridized carbons (Fsp3) is 0.385. The minimum Gasteiger partial charge on any atom is -0.379 e. The third-order valence-corrected chi connectivity index (χ3v) is 3.02. The molecule has 3 N–H and O–H groups in total. The van der Waals surface area contributed by atoms with E-state index in [1.807, 2.05) is 35.2 Å². The number of imide groups is 1. The zero-order valence-corrected chi connectivity index (χ0v) is 10.5. The molecule has 1 aliphatic heterocycles. The predicted molar refractivity (Wildman–Crippen MR) is 69.3 cm³/mol. The van der Waals surface area contributed by atoms with Gasteiger partial charge in [0.1, 0.15) is 6.04 Å². The molecule has 102 valence electrons. The molecule has 1 aliphatic rings. The maximum absolute atomic E-state index is 12.2. The molecule has 0 aromatic heterocycles. The van der Waals surface area contributed by atoms with Crippen LogP contribution in [-0.2, 0) is 9.53 Å². The Morgan fingerprint density at radius 3 is 2.42 bits per heavy atom. The first-order chi connectivity index (χ1) is 9.18. The largest absolute Gasteiger partial charge is 0.379 e. The number of primary amides is 1. The van der Waals surface area contributed by atoms with Gasteiger partial charge in [-0.05, 0) is 5.56 Å². The molecule has 6 nitrogen and oxygen atoms in total. The number of morpholine rings is 1. The van der Waals surface area contributed by atoms with E-state index in [4.69, 9.17) is 10.5 Å². The molecule has 0 bridgehead atoms. The highest BCUT2D eigenvalue weighted by Crippen LogP contribution is 2.21. The van der Waals surface area contributed by atoms with Gasteiger partial charge in [0.15, 0.2) is 0 Å². The summed E-state index contributed by atoms with van der Waals surface area (Å²) < 4.78 is 5.28. The smallest absolute Gasteiger partial charge is 0.318 e. The van der Waals surface area contributed by atoms with Crippen molar-refractivity contribution in [2.45, 2.75) is 6.04 Å². The molecule has 0 spiro atoms. The Kier molecular flexibility index (Phi) is 4.48. The first-order valence-corrected chi connectivity index (χ1v) is 6.15. The highest BCUT2D eigenvalue weighted by molar-refractivity contribution is 5.96. The van der Waals surface area contributed by atoms with E-state index in [2.05, 4.69) is 5.32 Å². The third kappa shape index (κ3) is 3.52. The molecule has 19 heavy (non-hydrogen) atoms. The summed E-state index contributed by atoms with van der Waals surface area (Å²) in [5.74, 6) is -0.402. The van der Waals surface area contributed by atoms with Crippen LogP contribution in [0.15, 0.2) is 30.3 Å². The molecule has 1 saturated heterocycles. The fourth-order valence-electron chi connectivity index (χ4n) is 2.19. The Morgan fingerprint density at radius 1 is 1.21 bits per heavy atom. The SMILES string of the molecule is NC(=O)NC(=O)[C@@H](c1ccccc1)N1CCOCC1. The molecule has 0 aliphatic carbocycles. The van der Waals surface area contributed by atoms with E-state index in [0.29, 0.717) is 26.3 Å². The highest BCUT2D eigenvalue weighted by Gasteiger charge is 2.29. The number of amides is 3. The van der Waals surface area contributed by atoms with E-state index in [1.54, 1.807) is 0 Å². The summed E-state index contributed by atoms with van der Waals surface area (Å²) in [5.41, 5.74) is 5.86. The number of carbonyl (C=O) groups excluding carboxylic acids is 2. The van der Waals surface area contributed by atoms with Crippen molar-refractivity contribution < 1.29 is 14.3 Å². The number of hydrogen-bond donors (Lipinski definition) is 2. The van der Waals surface area contributed by atoms with Crippen LogP contribution >= 0.6 is 0 Å². The molecule has 2 rings (SSSR count). The number of nitrogens with one attached hydrogen (secondary N) is 1. The van der Waals surface area contributed by atoms with Crippen molar-refractivity contribution in [3.8, 4) is 0 Å². The van der Waals surface area contributed by atoms with Crippen molar-refractivity contribution in [3.63, 3.8) is 0 Å². The summed E-state index contributed by atoms with van der Waals surface area (Å²) in [6.45, 7) is 2.44. The lowest BCUT2D eigenvalue weighted by molar-refractivity contribution is -0.127. The molecule has 1 heterocycles. The van der Waals surface area contributed by atoms with Crippen molar-refractivity contribution in [1.82, 2.24) is 10.2 Å². The van der Waals surface area contributed by atoms with E-state index in [0.717, 1.165) is 5.56 Å². The number of ether oxygens (including phenoxy) is 1. The second-order valence-electron chi connectivity index (χ2n) is 4.32. The van der Waals surface area contributed by atoms with E-state index < -0.39 is 18.0 Å². The summed E-state index contributed by atoms with van der Waals surface area (Å²) in [6, 6.07) is 7.98. The van der Waals surface area contributed by atoms with Gasteiger partial charge in [-0.2, -0.15) is 0 Å². The third-order valence-electron chi connectivity index (χ3n) is 3.02. The average Bonchev–Trinajstić information content (AvgIpc) is 2.40. The molecular formula is C13H17N3O3. The van der Waals surface area contributed by atoms with Crippen LogP contribution < -0.4 is 11.1 Å². The van der Waals surface area contributed by atoms with E-state index in [9.17, 15) is 9.59 Å². The highest BCUT2D eigenvalue weighted by atomic mass is 16.5. The normalized spacial score (nSPS) is 17.7. The number of urea groups is 1. The fourth-order valence-corrected chi connectivity index (χ4v) is 2.19. The van der Waals surface area contributed by atoms with Gasteiger partial charge in [-0.15, -0.1) is 0 Å². The Morgan fingerprint density at radius 2 is 1.84 bits per heavy atom. The minimum absolute atomic E-state index is 0.402. The van der Waals surface area contributed by atoms with Gasteiger partial charge in [0, 0.05) is 13.1 Å². The molecule has 1 fully saturated rings. The van der Waals surface area contributed by atoms with Crippen LogP contribution in [0.1, 0.15) is 11.6 Å². The zero-order chi connectivity index (χ0) is 13.7. The van der Waals surface area contributed by atoms with Gasteiger partial charge in [-0.25, -0.2) is 4.79 Å². The van der Waals surface area contributed by atoms with Crippen LogP contribution in [0.4, 0.5) is 4.79 Å². The van der Waals surface area contributed by atoms with Gasteiger partial charge in [0.05, 0.1) is 13.2 Å². The molecule has 1 atom stereocenters. The van der Waals surface area contributed by atoms with Gasteiger partial charge in [-0.1, -0.05) is 30.3 Å². The van der Waals surface area contributed by atoms with Gasteiger partial charge in [-0.3, -0.25) is 15.0 Å². The van der Waals surface area contributed by atoms with Crippen LogP contribution in [0.25, 0.3) is 0 Å². The van der Waals surface area contributed by atoms with Crippen LogP contribution in [0.2, 0.25) is 0 Å². The topological polar surface area (TPSA) is 84.7 Å². The van der Waals surface area contributed by atoms with Crippen LogP contribution in [-0.4, -0.2) is 43.1 Å². The molecular weight excluding hydrogens is 246 g/mol. The lowest BCUT2D eigenvalue weighted by atomic mass is 10.0. The Hall–Kier alpha value is -1.92. The number of hydrogen-bond acceptors (Lipinski definition) is 4. The Labute approximate surface area is 111 Å². The number of rotatable bonds is 3. The summed E-state index contributed by atoms with van der Waals surface area (Å²) >= 11 is 0. The molecule has 0 radical (unpaired) electrons. The van der Waals surface area contributed by atoms with E-state index >= 15 is 0 Å². The summed E-state index contributed by atoms with van der Waals surface area (Å²) in [6.07, 6.45) is 0. The number of carbonyl (C=O) groups is 2. The van der Waals surface area contributed by atoms with Crippen LogP contribution in [0.3, 0.4) is 0 Å². The predicted octanol–water partition coefficient (Wildman–Crippen LogP) is 0.255. The van der Waals surface area contributed by atoms with Crippen molar-refractivity contribution >= 4 is 11.9 Å². The number of nitrogens with two attached hydrogens (primary N) is 1. The average molecular weight is 263 g/mol. The van der Waals surface area contributed by atoms with Crippen LogP contribution in [0, 0.1) is 0 Å². The standard InChI is InChI=1S/C13H17N3O3/c14-13(18)15-12(17)11(10-4-2-1-3-5-10)16-6-8-19-9-7-16/h1-5,11H,6-9H2,(H3,14,15,17,18)/t11-/m1/s1. The van der Waals surface area contributed by atoms with Crippen molar-refractivity contribution in [2.24, 2.45) is 5.73 Å². The number of benzene rings is 1. The quantitative estimate of drug-likeness (QED) is 0.819. The molecule has 0 saturated carbocycles. The van der Waals surface area contributed by atoms with Crippen molar-refractivity contribution in [1.29, 1.82) is 0 Å². The van der Waals surface area contributed by atoms with Gasteiger partial charge < -0.3 is 10.5 Å². The minimum atomic E-state index is -0.834. The Bertz CT molecular complexity index is 444. The van der Waals surface area contributed by atoms with Crippen molar-refractivity contribution in [2.75, 3.05) is 26.3 Å². The summed E-state index contributed by atoms with van der Waals surface area (Å²) in [4.78, 5) is 25.0. The second kappa shape index (κ2) is 6.31. The van der Waals surface area contributed by atoms with Crippen molar-refractivity contribution in [3.05, 3.63) is 35.9 Å². The first kappa shape index (κ1) is 13.5. The first-order valence-electron chi connectivity index (χ1n) is 6.15. The van der Waals surface area contributed by atoms with Gasteiger partial charge in [0.25, 0.3) is 0 Å². The lowest BCUT2D eigenvalue weighted by Gasteiger charge is -2.33. The monoisotopic (exact) mass is 263 g/mol. The van der Waals surface area contributed by atoms with Gasteiger partial charge in [0.2, 0.25) is 5.91 Å². The van der Waals surface area contributed by atoms with Gasteiger partial charge >= 0.3 is 6.03 Å². The molecule has 1 aromatic rings. The lowest BCUT2D eigenvalue weighted by Crippen LogP contribution is -2.48. The zero-order valence-electron chi connectivity index (χ0n) is 10.5. The van der Waals surface area contributed by atoms with E-state index in [-0.39, 0.29) is 0 Å².